The lowest BCUT2D eigenvalue weighted by Crippen LogP contribution is -2.45. The van der Waals surface area contributed by atoms with E-state index in [4.69, 9.17) is 31.2 Å². The second-order valence-corrected chi connectivity index (χ2v) is 10.8. The van der Waals surface area contributed by atoms with E-state index in [2.05, 4.69) is 9.39 Å². The molecule has 0 spiro atoms. The summed E-state index contributed by atoms with van der Waals surface area (Å²) in [7, 11) is -2.15. The maximum atomic E-state index is 12.5. The van der Waals surface area contributed by atoms with Crippen LogP contribution in [0.25, 0.3) is 6.08 Å². The summed E-state index contributed by atoms with van der Waals surface area (Å²) in [6.45, 7) is 2.44. The minimum Gasteiger partial charge on any atom is -0.493 e. The number of nitrogens with one attached hydrogen (secondary N) is 1. The van der Waals surface area contributed by atoms with E-state index < -0.39 is 15.7 Å². The minimum atomic E-state index is -3.73. The Hall–Kier alpha value is -3.35. The lowest BCUT2D eigenvalue weighted by Gasteiger charge is -2.23. The van der Waals surface area contributed by atoms with Gasteiger partial charge in [0.05, 0.1) is 29.7 Å². The average Bonchev–Trinajstić information content (AvgIpc) is 3.25. The second kappa shape index (κ2) is 10.3. The van der Waals surface area contributed by atoms with Gasteiger partial charge in [0.15, 0.2) is 11.5 Å². The van der Waals surface area contributed by atoms with E-state index in [0.29, 0.717) is 22.8 Å². The molecule has 2 aliphatic rings. The van der Waals surface area contributed by atoms with Crippen molar-refractivity contribution >= 4 is 61.5 Å². The van der Waals surface area contributed by atoms with Crippen molar-refractivity contribution < 1.29 is 27.4 Å². The zero-order valence-corrected chi connectivity index (χ0v) is 21.8. The first-order valence-electron chi connectivity index (χ1n) is 10.5. The van der Waals surface area contributed by atoms with E-state index in [0.717, 1.165) is 28.7 Å². The number of methoxy groups -OCH3 is 1. The molecule has 1 amide bonds. The number of carbonyl (C=O) groups excluding carboxylic acids is 1. The summed E-state index contributed by atoms with van der Waals surface area (Å²) in [5.74, 6) is 0.632. The van der Waals surface area contributed by atoms with Crippen molar-refractivity contribution in [3.8, 4) is 17.2 Å². The van der Waals surface area contributed by atoms with Gasteiger partial charge in [-0.05, 0) is 48.4 Å². The highest BCUT2D eigenvalue weighted by atomic mass is 35.5. The molecular formula is C23H21ClN4O6S2. The Balaban J connectivity index is 1.44. The highest BCUT2D eigenvalue weighted by Gasteiger charge is 2.41. The SMILES string of the molecule is COc1cc(C)ccc1OCCOc1ccc(/C=C2/C(=N)N3C(=NC2=O)SN=C3S(C)(=O)=O)cc1Cl. The first-order valence-corrected chi connectivity index (χ1v) is 13.5. The van der Waals surface area contributed by atoms with Gasteiger partial charge >= 0.3 is 0 Å². The van der Waals surface area contributed by atoms with Crippen LogP contribution in [0.2, 0.25) is 5.02 Å². The Morgan fingerprint density at radius 3 is 2.47 bits per heavy atom. The summed E-state index contributed by atoms with van der Waals surface area (Å²) in [4.78, 5) is 17.4. The van der Waals surface area contributed by atoms with E-state index in [1.807, 2.05) is 25.1 Å². The highest BCUT2D eigenvalue weighted by molar-refractivity contribution is 8.16. The number of aliphatic imine (C=N–C) groups is 1. The maximum Gasteiger partial charge on any atom is 0.283 e. The van der Waals surface area contributed by atoms with Crippen molar-refractivity contribution in [3.05, 3.63) is 58.1 Å². The molecule has 0 aliphatic carbocycles. The summed E-state index contributed by atoms with van der Waals surface area (Å²) in [6, 6.07) is 10.5. The van der Waals surface area contributed by atoms with Gasteiger partial charge in [-0.1, -0.05) is 23.7 Å². The third-order valence-corrected chi connectivity index (χ3v) is 7.06. The van der Waals surface area contributed by atoms with E-state index in [-0.39, 0.29) is 40.0 Å². The van der Waals surface area contributed by atoms with Crippen molar-refractivity contribution in [3.63, 3.8) is 0 Å². The monoisotopic (exact) mass is 548 g/mol. The van der Waals surface area contributed by atoms with Gasteiger partial charge in [-0.3, -0.25) is 10.2 Å². The minimum absolute atomic E-state index is 0.0230. The molecule has 13 heteroatoms. The average molecular weight is 549 g/mol. The van der Waals surface area contributed by atoms with Crippen molar-refractivity contribution in [1.82, 2.24) is 4.90 Å². The van der Waals surface area contributed by atoms with Gasteiger partial charge in [0.25, 0.3) is 5.91 Å². The Bertz CT molecular complexity index is 1450. The molecule has 36 heavy (non-hydrogen) atoms. The summed E-state index contributed by atoms with van der Waals surface area (Å²) >= 11 is 7.09. The van der Waals surface area contributed by atoms with Crippen LogP contribution < -0.4 is 14.2 Å². The Labute approximate surface area is 217 Å². The van der Waals surface area contributed by atoms with E-state index in [9.17, 15) is 13.2 Å². The standard InChI is InChI=1S/C23H21ClN4O6S2/c1-13-4-6-18(19(10-13)32-2)34-9-8-33-17-7-5-14(12-16(17)24)11-15-20(25)28-22(26-21(15)29)35-27-23(28)36(3,30)31/h4-7,10-12,25H,8-9H2,1-3H3/b15-11-,25-20?. The fraction of sp³-hybridized carbons (Fsp3) is 0.217. The fourth-order valence-electron chi connectivity index (χ4n) is 3.33. The number of aryl methyl sites for hydroxylation is 1. The molecule has 2 aromatic carbocycles. The number of fused-ring (bicyclic) bond motifs is 1. The molecule has 0 bridgehead atoms. The molecule has 2 aliphatic heterocycles. The summed E-state index contributed by atoms with van der Waals surface area (Å²) in [5.41, 5.74) is 1.46. The lowest BCUT2D eigenvalue weighted by atomic mass is 10.1. The third-order valence-electron chi connectivity index (χ3n) is 5.01. The number of hydrogen-bond donors (Lipinski definition) is 1. The molecule has 0 aromatic heterocycles. The molecule has 0 saturated carbocycles. The molecule has 0 radical (unpaired) electrons. The quantitative estimate of drug-likeness (QED) is 0.314. The van der Waals surface area contributed by atoms with Gasteiger partial charge in [0, 0.05) is 6.26 Å². The fourth-order valence-corrected chi connectivity index (χ4v) is 5.41. The summed E-state index contributed by atoms with van der Waals surface area (Å²) in [5, 5.41) is 8.36. The van der Waals surface area contributed by atoms with Gasteiger partial charge < -0.3 is 14.2 Å². The van der Waals surface area contributed by atoms with Gasteiger partial charge in [0.2, 0.25) is 20.2 Å². The largest absolute Gasteiger partial charge is 0.493 e. The molecule has 0 unspecified atom stereocenters. The molecular weight excluding hydrogens is 528 g/mol. The van der Waals surface area contributed by atoms with E-state index in [1.54, 1.807) is 25.3 Å². The van der Waals surface area contributed by atoms with Crippen LogP contribution >= 0.6 is 23.5 Å². The van der Waals surface area contributed by atoms with Gasteiger partial charge in [-0.25, -0.2) is 13.3 Å². The Morgan fingerprint density at radius 2 is 1.81 bits per heavy atom. The second-order valence-electron chi connectivity index (χ2n) is 7.72. The topological polar surface area (TPSA) is 131 Å². The Kier molecular flexibility index (Phi) is 7.38. The number of amidine groups is 3. The summed E-state index contributed by atoms with van der Waals surface area (Å²) in [6.07, 6.45) is 2.39. The number of halogens is 1. The molecule has 2 aromatic rings. The van der Waals surface area contributed by atoms with Gasteiger partial charge in [-0.15, -0.1) is 0 Å². The van der Waals surface area contributed by atoms with Crippen LogP contribution in [0, 0.1) is 12.3 Å². The van der Waals surface area contributed by atoms with Crippen LogP contribution in [0.3, 0.4) is 0 Å². The number of sulfone groups is 1. The van der Waals surface area contributed by atoms with Crippen LogP contribution in [-0.4, -0.2) is 62.0 Å². The summed E-state index contributed by atoms with van der Waals surface area (Å²) < 4.78 is 44.6. The predicted molar refractivity (Wildman–Crippen MR) is 140 cm³/mol. The Morgan fingerprint density at radius 1 is 1.11 bits per heavy atom. The number of carbonyl (C=O) groups is 1. The number of ether oxygens (including phenoxy) is 3. The lowest BCUT2D eigenvalue weighted by molar-refractivity contribution is -0.114. The number of hydrogen-bond acceptors (Lipinski definition) is 9. The van der Waals surface area contributed by atoms with Crippen molar-refractivity contribution in [2.75, 3.05) is 26.6 Å². The number of nitrogens with zero attached hydrogens (tertiary/aromatic N) is 3. The van der Waals surface area contributed by atoms with Crippen LogP contribution in [0.4, 0.5) is 0 Å². The van der Waals surface area contributed by atoms with E-state index in [1.165, 1.54) is 6.08 Å². The molecule has 2 heterocycles. The first kappa shape index (κ1) is 25.7. The zero-order valence-electron chi connectivity index (χ0n) is 19.4. The molecule has 1 N–H and O–H groups in total. The highest BCUT2D eigenvalue weighted by Crippen LogP contribution is 2.32. The van der Waals surface area contributed by atoms with Crippen molar-refractivity contribution in [1.29, 1.82) is 5.41 Å². The van der Waals surface area contributed by atoms with Crippen LogP contribution in [0.1, 0.15) is 11.1 Å². The zero-order chi connectivity index (χ0) is 26.0. The predicted octanol–water partition coefficient (Wildman–Crippen LogP) is 3.74. The number of benzene rings is 2. The first-order chi connectivity index (χ1) is 17.1. The molecule has 0 atom stereocenters. The van der Waals surface area contributed by atoms with Crippen molar-refractivity contribution in [2.45, 2.75) is 6.92 Å². The third kappa shape index (κ3) is 5.40. The molecule has 0 fully saturated rings. The van der Waals surface area contributed by atoms with Gasteiger partial charge in [0.1, 0.15) is 24.8 Å². The molecule has 10 nitrogen and oxygen atoms in total. The molecule has 0 saturated heterocycles. The van der Waals surface area contributed by atoms with Crippen LogP contribution in [0.15, 0.2) is 51.4 Å². The van der Waals surface area contributed by atoms with Crippen LogP contribution in [0.5, 0.6) is 17.2 Å². The smallest absolute Gasteiger partial charge is 0.283 e. The maximum absolute atomic E-state index is 12.5. The normalized spacial score (nSPS) is 16.6. The molecule has 4 rings (SSSR count). The van der Waals surface area contributed by atoms with Crippen LogP contribution in [-0.2, 0) is 14.6 Å². The van der Waals surface area contributed by atoms with E-state index >= 15 is 0 Å². The van der Waals surface area contributed by atoms with Crippen molar-refractivity contribution in [2.24, 2.45) is 9.39 Å². The molecule has 188 valence electrons. The number of rotatable bonds is 7. The number of amides is 1. The van der Waals surface area contributed by atoms with Gasteiger partial charge in [-0.2, -0.15) is 9.39 Å².